The zero-order valence-electron chi connectivity index (χ0n) is 12.6. The molecule has 24 heavy (non-hydrogen) atoms. The third-order valence-corrected chi connectivity index (χ3v) is 6.99. The predicted octanol–water partition coefficient (Wildman–Crippen LogP) is 6.73. The highest BCUT2D eigenvalue weighted by Gasteiger charge is 2.22. The minimum absolute atomic E-state index is 1.13. The van der Waals surface area contributed by atoms with Crippen molar-refractivity contribution < 1.29 is 0 Å². The molecule has 0 saturated heterocycles. The molecule has 0 aliphatic carbocycles. The minimum Gasteiger partial charge on any atom is -0.245 e. The number of aromatic nitrogens is 1. The molecule has 1 nitrogen and oxygen atoms in total. The van der Waals surface area contributed by atoms with Crippen LogP contribution in [0.4, 0.5) is 0 Å². The van der Waals surface area contributed by atoms with E-state index < -0.39 is 0 Å². The second-order valence-electron chi connectivity index (χ2n) is 6.01. The maximum Gasteiger partial charge on any atom is 0.0902 e. The maximum atomic E-state index is 5.16. The molecular weight excluding hydrogens is 330 g/mol. The molecular formula is C21H11NS2. The van der Waals surface area contributed by atoms with Crippen molar-refractivity contribution in [1.82, 2.24) is 4.98 Å². The van der Waals surface area contributed by atoms with Crippen molar-refractivity contribution in [1.29, 1.82) is 0 Å². The fourth-order valence-corrected chi connectivity index (χ4v) is 5.89. The fourth-order valence-electron chi connectivity index (χ4n) is 3.61. The molecule has 1 aliphatic rings. The quantitative estimate of drug-likeness (QED) is 0.304. The van der Waals surface area contributed by atoms with Gasteiger partial charge < -0.3 is 0 Å². The molecule has 0 N–H and O–H groups in total. The van der Waals surface area contributed by atoms with E-state index in [9.17, 15) is 0 Å². The van der Waals surface area contributed by atoms with Crippen molar-refractivity contribution in [3.05, 3.63) is 66.7 Å². The first-order chi connectivity index (χ1) is 11.9. The standard InChI is InChI=1S/C21H11NS2/c1-3-9-15-12(6-1)19-18-14(8-5-11-17(18)23-15)21-20(22-19)13-7-2-4-10-16(13)24-21/h1-11H. The van der Waals surface area contributed by atoms with Crippen LogP contribution in [0, 0.1) is 0 Å². The van der Waals surface area contributed by atoms with Gasteiger partial charge >= 0.3 is 0 Å². The van der Waals surface area contributed by atoms with Gasteiger partial charge in [-0.2, -0.15) is 0 Å². The van der Waals surface area contributed by atoms with Crippen molar-refractivity contribution in [3.8, 4) is 11.3 Å². The second kappa shape index (κ2) is 4.59. The van der Waals surface area contributed by atoms with E-state index in [0.29, 0.717) is 0 Å². The third kappa shape index (κ3) is 1.58. The number of fused-ring (bicyclic) bond motifs is 6. The van der Waals surface area contributed by atoms with Gasteiger partial charge in [0.05, 0.1) is 15.9 Å². The van der Waals surface area contributed by atoms with Crippen LogP contribution in [-0.2, 0) is 0 Å². The van der Waals surface area contributed by atoms with Gasteiger partial charge in [-0.3, -0.25) is 0 Å². The SMILES string of the molecule is c1ccc2c(c1)Sc1cccc3c1c-2nc1c2ccccc2sc31. The van der Waals surface area contributed by atoms with Crippen LogP contribution in [0.5, 0.6) is 0 Å². The van der Waals surface area contributed by atoms with Gasteiger partial charge in [-0.05, 0) is 18.2 Å². The summed E-state index contributed by atoms with van der Waals surface area (Å²) in [6.07, 6.45) is 0. The van der Waals surface area contributed by atoms with Crippen molar-refractivity contribution in [2.45, 2.75) is 9.79 Å². The number of rotatable bonds is 0. The Kier molecular flexibility index (Phi) is 2.49. The molecule has 0 atom stereocenters. The van der Waals surface area contributed by atoms with E-state index in [2.05, 4.69) is 66.7 Å². The van der Waals surface area contributed by atoms with Crippen LogP contribution >= 0.6 is 23.1 Å². The number of pyridine rings is 1. The van der Waals surface area contributed by atoms with Crippen molar-refractivity contribution >= 4 is 54.2 Å². The summed E-state index contributed by atoms with van der Waals surface area (Å²) in [5.74, 6) is 0. The third-order valence-electron chi connectivity index (χ3n) is 4.66. The zero-order chi connectivity index (χ0) is 15.7. The monoisotopic (exact) mass is 341 g/mol. The van der Waals surface area contributed by atoms with E-state index in [4.69, 9.17) is 4.98 Å². The Balaban J connectivity index is 1.91. The summed E-state index contributed by atoms with van der Waals surface area (Å²) in [6.45, 7) is 0. The Bertz CT molecular complexity index is 1280. The summed E-state index contributed by atoms with van der Waals surface area (Å²) in [7, 11) is 0. The van der Waals surface area contributed by atoms with E-state index in [1.54, 1.807) is 0 Å². The molecule has 0 saturated carbocycles. The molecule has 0 radical (unpaired) electrons. The highest BCUT2D eigenvalue weighted by Crippen LogP contribution is 2.50. The van der Waals surface area contributed by atoms with Gasteiger partial charge in [0.25, 0.3) is 0 Å². The summed E-state index contributed by atoms with van der Waals surface area (Å²) in [6, 6.07) is 23.8. The second-order valence-corrected chi connectivity index (χ2v) is 8.15. The molecule has 3 aromatic carbocycles. The van der Waals surface area contributed by atoms with Gasteiger partial charge in [0.15, 0.2) is 0 Å². The van der Waals surface area contributed by atoms with Gasteiger partial charge in [-0.25, -0.2) is 4.98 Å². The summed E-state index contributed by atoms with van der Waals surface area (Å²) >= 11 is 3.71. The lowest BCUT2D eigenvalue weighted by Gasteiger charge is -2.19. The topological polar surface area (TPSA) is 12.9 Å². The van der Waals surface area contributed by atoms with E-state index in [0.717, 1.165) is 11.2 Å². The summed E-state index contributed by atoms with van der Waals surface area (Å²) in [5, 5.41) is 3.90. The Morgan fingerprint density at radius 3 is 2.50 bits per heavy atom. The molecule has 0 bridgehead atoms. The van der Waals surface area contributed by atoms with Crippen molar-refractivity contribution in [2.75, 3.05) is 0 Å². The van der Waals surface area contributed by atoms with Crippen LogP contribution in [-0.4, -0.2) is 4.98 Å². The first-order valence-corrected chi connectivity index (χ1v) is 9.55. The Labute approximate surface area is 147 Å². The van der Waals surface area contributed by atoms with Crippen LogP contribution in [0.25, 0.3) is 42.3 Å². The fraction of sp³-hybridized carbons (Fsp3) is 0. The molecule has 2 aromatic heterocycles. The van der Waals surface area contributed by atoms with Crippen LogP contribution in [0.3, 0.4) is 0 Å². The Hall–Kier alpha value is -2.36. The molecule has 6 rings (SSSR count). The normalized spacial score (nSPS) is 12.8. The number of thiophene rings is 1. The molecule has 5 aromatic rings. The van der Waals surface area contributed by atoms with E-state index in [1.807, 2.05) is 23.1 Å². The molecule has 0 spiro atoms. The van der Waals surface area contributed by atoms with Crippen molar-refractivity contribution in [3.63, 3.8) is 0 Å². The summed E-state index contributed by atoms with van der Waals surface area (Å²) < 4.78 is 2.61. The molecule has 0 unspecified atom stereocenters. The predicted molar refractivity (Wildman–Crippen MR) is 104 cm³/mol. The van der Waals surface area contributed by atoms with E-state index >= 15 is 0 Å². The van der Waals surface area contributed by atoms with Gasteiger partial charge in [0.1, 0.15) is 0 Å². The largest absolute Gasteiger partial charge is 0.245 e. The van der Waals surface area contributed by atoms with E-state index in [1.165, 1.54) is 40.9 Å². The lowest BCUT2D eigenvalue weighted by molar-refractivity contribution is 1.33. The van der Waals surface area contributed by atoms with Crippen LogP contribution < -0.4 is 0 Å². The lowest BCUT2D eigenvalue weighted by atomic mass is 10.0. The van der Waals surface area contributed by atoms with E-state index in [-0.39, 0.29) is 0 Å². The zero-order valence-corrected chi connectivity index (χ0v) is 14.2. The van der Waals surface area contributed by atoms with Crippen molar-refractivity contribution in [2.24, 2.45) is 0 Å². The van der Waals surface area contributed by atoms with Gasteiger partial charge in [0.2, 0.25) is 0 Å². The first-order valence-electron chi connectivity index (χ1n) is 7.91. The molecule has 3 heteroatoms. The highest BCUT2D eigenvalue weighted by molar-refractivity contribution is 7.99. The first kappa shape index (κ1) is 13.0. The van der Waals surface area contributed by atoms with Gasteiger partial charge in [-0.1, -0.05) is 60.3 Å². The summed E-state index contributed by atoms with van der Waals surface area (Å²) in [4.78, 5) is 7.77. The van der Waals surface area contributed by atoms with Crippen LogP contribution in [0.15, 0.2) is 76.5 Å². The van der Waals surface area contributed by atoms with Crippen LogP contribution in [0.1, 0.15) is 0 Å². The van der Waals surface area contributed by atoms with Gasteiger partial charge in [-0.15, -0.1) is 11.3 Å². The number of benzene rings is 3. The number of hydrogen-bond donors (Lipinski definition) is 0. The molecule has 112 valence electrons. The summed E-state index contributed by atoms with van der Waals surface area (Å²) in [5.41, 5.74) is 3.52. The molecule has 1 aliphatic heterocycles. The number of nitrogens with zero attached hydrogens (tertiary/aromatic N) is 1. The number of hydrogen-bond acceptors (Lipinski definition) is 3. The molecule has 3 heterocycles. The average Bonchev–Trinajstić information content (AvgIpc) is 3.01. The van der Waals surface area contributed by atoms with Crippen LogP contribution in [0.2, 0.25) is 0 Å². The molecule has 0 fully saturated rings. The Morgan fingerprint density at radius 1 is 0.708 bits per heavy atom. The minimum atomic E-state index is 1.13. The van der Waals surface area contributed by atoms with Gasteiger partial charge in [0, 0.05) is 36.2 Å². The average molecular weight is 341 g/mol. The smallest absolute Gasteiger partial charge is 0.0902 e. The Morgan fingerprint density at radius 2 is 1.50 bits per heavy atom. The maximum absolute atomic E-state index is 5.16. The molecule has 0 amide bonds. The highest BCUT2D eigenvalue weighted by atomic mass is 32.2. The lowest BCUT2D eigenvalue weighted by Crippen LogP contribution is -1.95.